The summed E-state index contributed by atoms with van der Waals surface area (Å²) in [5, 5.41) is 10.1. The number of halogens is 1. The van der Waals surface area contributed by atoms with Gasteiger partial charge in [0.2, 0.25) is 0 Å². The van der Waals surface area contributed by atoms with Crippen molar-refractivity contribution in [3.05, 3.63) is 0 Å². The van der Waals surface area contributed by atoms with Gasteiger partial charge in [-0.3, -0.25) is 0 Å². The fourth-order valence-corrected chi connectivity index (χ4v) is 4.15. The van der Waals surface area contributed by atoms with E-state index in [1.807, 2.05) is 0 Å². The molecule has 2 nitrogen and oxygen atoms in total. The van der Waals surface area contributed by atoms with Gasteiger partial charge in [-0.2, -0.15) is 0 Å². The first-order chi connectivity index (χ1) is 7.78. The maximum absolute atomic E-state index is 8.97. The van der Waals surface area contributed by atoms with Crippen molar-refractivity contribution in [3.8, 4) is 0 Å². The summed E-state index contributed by atoms with van der Waals surface area (Å²) in [7, 11) is 0. The summed E-state index contributed by atoms with van der Waals surface area (Å²) in [5.41, 5.74) is 0.564. The highest BCUT2D eigenvalue weighted by atomic mass is 79.9. The third-order valence-corrected chi connectivity index (χ3v) is 5.60. The predicted molar refractivity (Wildman–Crippen MR) is 70.9 cm³/mol. The largest absolute Gasteiger partial charge is 0.396 e. The highest BCUT2D eigenvalue weighted by molar-refractivity contribution is 9.09. The van der Waals surface area contributed by atoms with E-state index >= 15 is 0 Å². The molecule has 1 aliphatic carbocycles. The summed E-state index contributed by atoms with van der Waals surface area (Å²) in [4.78, 5) is 2.63. The van der Waals surface area contributed by atoms with Crippen LogP contribution < -0.4 is 0 Å². The molecule has 2 rings (SSSR count). The summed E-state index contributed by atoms with van der Waals surface area (Å²) in [6.07, 6.45) is 7.93. The van der Waals surface area contributed by atoms with Crippen LogP contribution in [0.2, 0.25) is 0 Å². The molecule has 2 aliphatic rings. The summed E-state index contributed by atoms with van der Waals surface area (Å²) < 4.78 is 0. The Kier molecular flexibility index (Phi) is 4.68. The molecule has 1 aliphatic heterocycles. The Hall–Kier alpha value is 0.400. The molecule has 0 spiro atoms. The Balaban J connectivity index is 1.81. The van der Waals surface area contributed by atoms with Gasteiger partial charge in [-0.25, -0.2) is 0 Å². The van der Waals surface area contributed by atoms with E-state index in [0.29, 0.717) is 12.0 Å². The smallest absolute Gasteiger partial charge is 0.0434 e. The minimum Gasteiger partial charge on any atom is -0.396 e. The van der Waals surface area contributed by atoms with Gasteiger partial charge < -0.3 is 10.0 Å². The molecule has 0 bridgehead atoms. The summed E-state index contributed by atoms with van der Waals surface area (Å²) in [6, 6.07) is 0. The number of nitrogens with zero attached hydrogens (tertiary/aromatic N) is 1. The van der Waals surface area contributed by atoms with Gasteiger partial charge in [0, 0.05) is 25.0 Å². The Bertz CT molecular complexity index is 216. The van der Waals surface area contributed by atoms with Gasteiger partial charge in [-0.05, 0) is 43.6 Å². The van der Waals surface area contributed by atoms with Gasteiger partial charge in [0.1, 0.15) is 0 Å². The van der Waals surface area contributed by atoms with E-state index in [4.69, 9.17) is 5.11 Å². The van der Waals surface area contributed by atoms with Crippen LogP contribution in [-0.4, -0.2) is 41.6 Å². The quantitative estimate of drug-likeness (QED) is 0.787. The van der Waals surface area contributed by atoms with E-state index < -0.39 is 0 Å². The lowest BCUT2D eigenvalue weighted by molar-refractivity contribution is 0.191. The zero-order valence-corrected chi connectivity index (χ0v) is 11.7. The average molecular weight is 290 g/mol. The first-order valence-electron chi connectivity index (χ1n) is 6.67. The van der Waals surface area contributed by atoms with Crippen molar-refractivity contribution in [2.24, 2.45) is 11.3 Å². The minimum absolute atomic E-state index is 0.363. The molecule has 1 heterocycles. The van der Waals surface area contributed by atoms with Crippen LogP contribution in [0.25, 0.3) is 0 Å². The zero-order valence-electron chi connectivity index (χ0n) is 10.1. The molecule has 1 unspecified atom stereocenters. The van der Waals surface area contributed by atoms with Gasteiger partial charge in [0.15, 0.2) is 0 Å². The van der Waals surface area contributed by atoms with Crippen molar-refractivity contribution in [1.29, 1.82) is 0 Å². The molecule has 3 heteroatoms. The van der Waals surface area contributed by atoms with E-state index in [-0.39, 0.29) is 0 Å². The van der Waals surface area contributed by atoms with Crippen molar-refractivity contribution in [3.63, 3.8) is 0 Å². The highest BCUT2D eigenvalue weighted by Gasteiger charge is 2.36. The minimum atomic E-state index is 0.363. The molecule has 16 heavy (non-hydrogen) atoms. The fourth-order valence-electron chi connectivity index (χ4n) is 3.41. The maximum Gasteiger partial charge on any atom is 0.0434 e. The molecular formula is C13H24BrNO. The third-order valence-electron chi connectivity index (χ3n) is 4.41. The zero-order chi connectivity index (χ0) is 11.4. The number of rotatable bonds is 5. The number of hydrogen-bond acceptors (Lipinski definition) is 2. The Morgan fingerprint density at radius 1 is 1.31 bits per heavy atom. The number of aliphatic hydroxyl groups is 1. The van der Waals surface area contributed by atoms with Crippen molar-refractivity contribution in [2.45, 2.75) is 38.5 Å². The highest BCUT2D eigenvalue weighted by Crippen LogP contribution is 2.41. The molecule has 0 radical (unpaired) electrons. The second-order valence-corrected chi connectivity index (χ2v) is 6.30. The maximum atomic E-state index is 8.97. The summed E-state index contributed by atoms with van der Waals surface area (Å²) in [6.45, 7) is 4.11. The van der Waals surface area contributed by atoms with E-state index in [1.165, 1.54) is 57.1 Å². The Morgan fingerprint density at radius 3 is 2.69 bits per heavy atom. The van der Waals surface area contributed by atoms with E-state index in [9.17, 15) is 0 Å². The second-order valence-electron chi connectivity index (χ2n) is 5.74. The predicted octanol–water partition coefficient (Wildman–Crippen LogP) is 2.65. The molecule has 1 N–H and O–H groups in total. The number of aliphatic hydroxyl groups excluding tert-OH is 1. The number of alkyl halides is 1. The van der Waals surface area contributed by atoms with Gasteiger partial charge >= 0.3 is 0 Å². The first-order valence-corrected chi connectivity index (χ1v) is 7.79. The van der Waals surface area contributed by atoms with Gasteiger partial charge in [0.25, 0.3) is 0 Å². The fraction of sp³-hybridized carbons (Fsp3) is 1.00. The Labute approximate surface area is 108 Å². The number of likely N-dealkylation sites (tertiary alicyclic amines) is 1. The van der Waals surface area contributed by atoms with E-state index in [1.54, 1.807) is 0 Å². The third kappa shape index (κ3) is 2.99. The van der Waals surface area contributed by atoms with Crippen molar-refractivity contribution >= 4 is 15.9 Å². The summed E-state index contributed by atoms with van der Waals surface area (Å²) >= 11 is 3.72. The molecular weight excluding hydrogens is 266 g/mol. The lowest BCUT2D eigenvalue weighted by Crippen LogP contribution is -2.36. The van der Waals surface area contributed by atoms with Crippen molar-refractivity contribution < 1.29 is 5.11 Å². The second kappa shape index (κ2) is 5.83. The lowest BCUT2D eigenvalue weighted by atomic mass is 9.88. The SMILES string of the molecule is OCCC1CCN(CC2(CBr)CCCC2)C1. The van der Waals surface area contributed by atoms with Gasteiger partial charge in [-0.15, -0.1) is 0 Å². The molecule has 0 amide bonds. The van der Waals surface area contributed by atoms with Crippen LogP contribution in [0.3, 0.4) is 0 Å². The van der Waals surface area contributed by atoms with Crippen LogP contribution in [0.4, 0.5) is 0 Å². The van der Waals surface area contributed by atoms with Crippen LogP contribution in [-0.2, 0) is 0 Å². The molecule has 94 valence electrons. The molecule has 1 saturated heterocycles. The van der Waals surface area contributed by atoms with E-state index in [0.717, 1.165) is 12.3 Å². The molecule has 0 aromatic rings. The van der Waals surface area contributed by atoms with Crippen LogP contribution in [0.1, 0.15) is 38.5 Å². The molecule has 0 aromatic carbocycles. The standard InChI is InChI=1S/C13H24BrNO/c14-10-13(5-1-2-6-13)11-15-7-3-12(9-15)4-8-16/h12,16H,1-11H2. The monoisotopic (exact) mass is 289 g/mol. The molecule has 1 atom stereocenters. The summed E-state index contributed by atoms with van der Waals surface area (Å²) in [5.74, 6) is 0.749. The Morgan fingerprint density at radius 2 is 2.06 bits per heavy atom. The van der Waals surface area contributed by atoms with Gasteiger partial charge in [0.05, 0.1) is 0 Å². The normalized spacial score (nSPS) is 30.0. The van der Waals surface area contributed by atoms with Crippen LogP contribution in [0.15, 0.2) is 0 Å². The van der Waals surface area contributed by atoms with Crippen LogP contribution in [0, 0.1) is 11.3 Å². The van der Waals surface area contributed by atoms with Crippen LogP contribution >= 0.6 is 15.9 Å². The van der Waals surface area contributed by atoms with Crippen molar-refractivity contribution in [2.75, 3.05) is 31.6 Å². The molecule has 2 fully saturated rings. The topological polar surface area (TPSA) is 23.5 Å². The van der Waals surface area contributed by atoms with Gasteiger partial charge in [-0.1, -0.05) is 28.8 Å². The first kappa shape index (κ1) is 12.8. The lowest BCUT2D eigenvalue weighted by Gasteiger charge is -2.32. The van der Waals surface area contributed by atoms with Crippen LogP contribution in [0.5, 0.6) is 0 Å². The van der Waals surface area contributed by atoms with E-state index in [2.05, 4.69) is 20.8 Å². The van der Waals surface area contributed by atoms with Crippen molar-refractivity contribution in [1.82, 2.24) is 4.90 Å². The molecule has 1 saturated carbocycles. The molecule has 0 aromatic heterocycles. The number of hydrogen-bond donors (Lipinski definition) is 1. The average Bonchev–Trinajstić information content (AvgIpc) is 2.90.